The van der Waals surface area contributed by atoms with Gasteiger partial charge in [0, 0.05) is 42.8 Å². The number of piperazine rings is 1. The summed E-state index contributed by atoms with van der Waals surface area (Å²) >= 11 is 9.41. The van der Waals surface area contributed by atoms with Crippen LogP contribution in [-0.4, -0.2) is 49.7 Å². The molecule has 2 aromatic carbocycles. The molecule has 1 amide bonds. The van der Waals surface area contributed by atoms with Crippen LogP contribution in [0.15, 0.2) is 51.8 Å². The van der Waals surface area contributed by atoms with Crippen LogP contribution in [0.5, 0.6) is 0 Å². The van der Waals surface area contributed by atoms with Gasteiger partial charge in [-0.15, -0.1) is 0 Å². The lowest BCUT2D eigenvalue weighted by molar-refractivity contribution is 0.1000. The first-order valence-corrected chi connectivity index (χ1v) is 10.9. The van der Waals surface area contributed by atoms with Crippen LogP contribution >= 0.6 is 27.5 Å². The first kappa shape index (κ1) is 20.3. The van der Waals surface area contributed by atoms with Crippen molar-refractivity contribution in [2.75, 3.05) is 26.2 Å². The molecular formula is C18H19BrClN3O3S. The van der Waals surface area contributed by atoms with Crippen LogP contribution in [0.4, 0.5) is 0 Å². The van der Waals surface area contributed by atoms with Gasteiger partial charge in [0.05, 0.1) is 5.02 Å². The summed E-state index contributed by atoms with van der Waals surface area (Å²) in [6.45, 7) is 2.57. The summed E-state index contributed by atoms with van der Waals surface area (Å²) in [6.07, 6.45) is 0. The summed E-state index contributed by atoms with van der Waals surface area (Å²) in [5.41, 5.74) is 6.76. The van der Waals surface area contributed by atoms with E-state index in [1.165, 1.54) is 10.4 Å². The molecule has 1 saturated heterocycles. The van der Waals surface area contributed by atoms with Crippen LogP contribution in [0.1, 0.15) is 15.9 Å². The molecule has 0 atom stereocenters. The van der Waals surface area contributed by atoms with E-state index in [0.29, 0.717) is 38.3 Å². The average molecular weight is 473 g/mol. The Labute approximate surface area is 172 Å². The third-order valence-corrected chi connectivity index (χ3v) is 7.34. The topological polar surface area (TPSA) is 83.7 Å². The number of hydrogen-bond donors (Lipinski definition) is 1. The number of nitrogens with zero attached hydrogens (tertiary/aromatic N) is 2. The Kier molecular flexibility index (Phi) is 6.22. The lowest BCUT2D eigenvalue weighted by Crippen LogP contribution is -2.48. The highest BCUT2D eigenvalue weighted by atomic mass is 79.9. The van der Waals surface area contributed by atoms with Crippen molar-refractivity contribution in [3.05, 3.63) is 63.1 Å². The zero-order chi connectivity index (χ0) is 19.6. The van der Waals surface area contributed by atoms with Crippen molar-refractivity contribution >= 4 is 43.5 Å². The molecule has 0 aliphatic carbocycles. The first-order valence-electron chi connectivity index (χ1n) is 8.33. The molecule has 0 bridgehead atoms. The van der Waals surface area contributed by atoms with E-state index in [4.69, 9.17) is 17.3 Å². The fraction of sp³-hybridized carbons (Fsp3) is 0.278. The third-order valence-electron chi connectivity index (χ3n) is 4.46. The molecule has 0 spiro atoms. The van der Waals surface area contributed by atoms with Crippen LogP contribution in [0, 0.1) is 0 Å². The molecule has 1 aliphatic rings. The minimum Gasteiger partial charge on any atom is -0.366 e. The van der Waals surface area contributed by atoms with E-state index < -0.39 is 15.9 Å². The van der Waals surface area contributed by atoms with E-state index in [2.05, 4.69) is 20.8 Å². The Morgan fingerprint density at radius 3 is 2.44 bits per heavy atom. The molecule has 0 radical (unpaired) electrons. The van der Waals surface area contributed by atoms with Crippen LogP contribution in [-0.2, 0) is 16.6 Å². The standard InChI is InChI=1S/C18H19BrClN3O3S/c19-15-4-5-17(16(20)11-15)27(25,26)23-8-6-22(7-9-23)12-13-2-1-3-14(10-13)18(21)24/h1-5,10-11H,6-9,12H2,(H2,21,24). The molecular weight excluding hydrogens is 454 g/mol. The molecule has 0 aromatic heterocycles. The van der Waals surface area contributed by atoms with Gasteiger partial charge in [-0.2, -0.15) is 4.31 Å². The van der Waals surface area contributed by atoms with Crippen LogP contribution in [0.25, 0.3) is 0 Å². The van der Waals surface area contributed by atoms with Crippen molar-refractivity contribution in [3.8, 4) is 0 Å². The lowest BCUT2D eigenvalue weighted by Gasteiger charge is -2.34. The van der Waals surface area contributed by atoms with Gasteiger partial charge in [-0.25, -0.2) is 8.42 Å². The van der Waals surface area contributed by atoms with E-state index in [1.807, 2.05) is 6.07 Å². The highest BCUT2D eigenvalue weighted by Gasteiger charge is 2.30. The van der Waals surface area contributed by atoms with Gasteiger partial charge in [-0.05, 0) is 35.9 Å². The van der Waals surface area contributed by atoms with Crippen molar-refractivity contribution in [1.29, 1.82) is 0 Å². The molecule has 0 unspecified atom stereocenters. The van der Waals surface area contributed by atoms with Gasteiger partial charge < -0.3 is 5.73 Å². The molecule has 0 saturated carbocycles. The maximum Gasteiger partial charge on any atom is 0.248 e. The summed E-state index contributed by atoms with van der Waals surface area (Å²) in [7, 11) is -3.63. The summed E-state index contributed by atoms with van der Waals surface area (Å²) in [5.74, 6) is -0.459. The molecule has 1 fully saturated rings. The quantitative estimate of drug-likeness (QED) is 0.725. The Bertz CT molecular complexity index is 960. The molecule has 1 heterocycles. The second-order valence-corrected chi connectivity index (χ2v) is 9.55. The number of rotatable bonds is 5. The van der Waals surface area contributed by atoms with Crippen molar-refractivity contribution < 1.29 is 13.2 Å². The zero-order valence-electron chi connectivity index (χ0n) is 14.4. The fourth-order valence-corrected chi connectivity index (χ4v) is 5.47. The maximum atomic E-state index is 12.9. The maximum absolute atomic E-state index is 12.9. The first-order chi connectivity index (χ1) is 12.8. The number of sulfonamides is 1. The summed E-state index contributed by atoms with van der Waals surface area (Å²) in [4.78, 5) is 13.6. The molecule has 6 nitrogen and oxygen atoms in total. The Morgan fingerprint density at radius 1 is 1.11 bits per heavy atom. The second-order valence-electron chi connectivity index (χ2n) is 6.32. The summed E-state index contributed by atoms with van der Waals surface area (Å²) in [6, 6.07) is 11.9. The minimum atomic E-state index is -3.63. The van der Waals surface area contributed by atoms with Gasteiger partial charge in [-0.3, -0.25) is 9.69 Å². The largest absolute Gasteiger partial charge is 0.366 e. The van der Waals surface area contributed by atoms with Gasteiger partial charge in [0.2, 0.25) is 15.9 Å². The van der Waals surface area contributed by atoms with E-state index in [0.717, 1.165) is 10.0 Å². The number of halogens is 2. The Hall–Kier alpha value is -1.45. The normalized spacial score (nSPS) is 16.4. The van der Waals surface area contributed by atoms with E-state index >= 15 is 0 Å². The predicted octanol–water partition coefficient (Wildman–Crippen LogP) is 2.71. The monoisotopic (exact) mass is 471 g/mol. The summed E-state index contributed by atoms with van der Waals surface area (Å²) < 4.78 is 27.9. The SMILES string of the molecule is NC(=O)c1cccc(CN2CCN(S(=O)(=O)c3ccc(Br)cc3Cl)CC2)c1. The van der Waals surface area contributed by atoms with E-state index in [9.17, 15) is 13.2 Å². The number of amides is 1. The molecule has 2 aromatic rings. The fourth-order valence-electron chi connectivity index (χ4n) is 3.03. The Balaban J connectivity index is 1.66. The zero-order valence-corrected chi connectivity index (χ0v) is 17.6. The number of primary amides is 1. The number of nitrogens with two attached hydrogens (primary N) is 1. The minimum absolute atomic E-state index is 0.120. The average Bonchev–Trinajstić information content (AvgIpc) is 2.62. The highest BCUT2D eigenvalue weighted by Crippen LogP contribution is 2.28. The molecule has 2 N–H and O–H groups in total. The van der Waals surface area contributed by atoms with Crippen molar-refractivity contribution in [3.63, 3.8) is 0 Å². The number of benzene rings is 2. The number of carbonyl (C=O) groups is 1. The number of carbonyl (C=O) groups excluding carboxylic acids is 1. The molecule has 3 rings (SSSR count). The smallest absolute Gasteiger partial charge is 0.248 e. The highest BCUT2D eigenvalue weighted by molar-refractivity contribution is 9.10. The summed E-state index contributed by atoms with van der Waals surface area (Å²) in [5, 5.41) is 0.204. The van der Waals surface area contributed by atoms with Crippen LogP contribution < -0.4 is 5.73 Å². The third kappa shape index (κ3) is 4.70. The van der Waals surface area contributed by atoms with Gasteiger partial charge in [0.1, 0.15) is 4.90 Å². The van der Waals surface area contributed by atoms with Crippen molar-refractivity contribution in [2.45, 2.75) is 11.4 Å². The molecule has 27 heavy (non-hydrogen) atoms. The predicted molar refractivity (Wildman–Crippen MR) is 108 cm³/mol. The lowest BCUT2D eigenvalue weighted by atomic mass is 10.1. The molecule has 9 heteroatoms. The van der Waals surface area contributed by atoms with Gasteiger partial charge in [0.25, 0.3) is 0 Å². The van der Waals surface area contributed by atoms with Crippen LogP contribution in [0.3, 0.4) is 0 Å². The number of hydrogen-bond acceptors (Lipinski definition) is 4. The van der Waals surface area contributed by atoms with E-state index in [1.54, 1.807) is 30.3 Å². The van der Waals surface area contributed by atoms with Gasteiger partial charge in [-0.1, -0.05) is 39.7 Å². The second kappa shape index (κ2) is 8.28. The Morgan fingerprint density at radius 2 is 1.81 bits per heavy atom. The molecule has 144 valence electrons. The van der Waals surface area contributed by atoms with Crippen LogP contribution in [0.2, 0.25) is 5.02 Å². The van der Waals surface area contributed by atoms with Crippen molar-refractivity contribution in [2.24, 2.45) is 5.73 Å². The van der Waals surface area contributed by atoms with Gasteiger partial charge in [0.15, 0.2) is 0 Å². The molecule has 1 aliphatic heterocycles. The van der Waals surface area contributed by atoms with Crippen molar-refractivity contribution in [1.82, 2.24) is 9.21 Å². The van der Waals surface area contributed by atoms with E-state index in [-0.39, 0.29) is 9.92 Å². The van der Waals surface area contributed by atoms with Gasteiger partial charge >= 0.3 is 0 Å².